The molecule has 4 atom stereocenters. The van der Waals surface area contributed by atoms with E-state index in [0.717, 1.165) is 5.56 Å². The minimum absolute atomic E-state index is 0.00432. The van der Waals surface area contributed by atoms with Crippen LogP contribution in [0.3, 0.4) is 0 Å². The van der Waals surface area contributed by atoms with Crippen LogP contribution < -0.4 is 9.80 Å². The second-order valence-electron chi connectivity index (χ2n) is 12.5. The van der Waals surface area contributed by atoms with Crippen molar-refractivity contribution in [3.63, 3.8) is 0 Å². The van der Waals surface area contributed by atoms with Crippen molar-refractivity contribution in [2.24, 2.45) is 5.92 Å². The molecular formula is C34H38FN3O5Si. The van der Waals surface area contributed by atoms with E-state index >= 15 is 4.11 Å². The van der Waals surface area contributed by atoms with E-state index in [9.17, 15) is 19.5 Å². The number of aliphatic hydroxyl groups is 1. The number of nitrogens with zero attached hydrogens (tertiary/aromatic N) is 3. The molecule has 2 fully saturated rings. The van der Waals surface area contributed by atoms with E-state index < -0.39 is 31.6 Å². The molecule has 44 heavy (non-hydrogen) atoms. The minimum Gasteiger partial charge on any atom is -0.395 e. The number of ether oxygens (including phenoxy) is 1. The number of amides is 3. The normalized spacial score (nSPS) is 24.5. The van der Waals surface area contributed by atoms with Crippen molar-refractivity contribution >= 4 is 43.2 Å². The lowest BCUT2D eigenvalue weighted by molar-refractivity contribution is -0.149. The lowest BCUT2D eigenvalue weighted by Gasteiger charge is -2.33. The Hall–Kier alpha value is -3.86. The number of β-lactam (4-membered cyclic amide) rings is 1. The summed E-state index contributed by atoms with van der Waals surface area (Å²) in [4.78, 5) is 45.7. The first-order chi connectivity index (χ1) is 21.1. The quantitative estimate of drug-likeness (QED) is 0.201. The van der Waals surface area contributed by atoms with Gasteiger partial charge < -0.3 is 23.8 Å². The maximum absolute atomic E-state index is 16.3. The van der Waals surface area contributed by atoms with E-state index in [0.29, 0.717) is 42.1 Å². The molecule has 3 aliphatic rings. The summed E-state index contributed by atoms with van der Waals surface area (Å²) in [5.41, 5.74) is 1.25. The number of carbonyl (C=O) groups excluding carboxylic acids is 3. The molecule has 230 valence electrons. The monoisotopic (exact) mass is 615 g/mol. The third kappa shape index (κ3) is 5.04. The lowest BCUT2D eigenvalue weighted by Crippen LogP contribution is -2.45. The highest BCUT2D eigenvalue weighted by Gasteiger charge is 2.67. The number of carbonyl (C=O) groups is 3. The zero-order valence-corrected chi connectivity index (χ0v) is 26.3. The van der Waals surface area contributed by atoms with Crippen molar-refractivity contribution < 1.29 is 28.3 Å². The van der Waals surface area contributed by atoms with Gasteiger partial charge in [-0.05, 0) is 49.0 Å². The molecule has 3 amide bonds. The number of aliphatic hydroxyl groups excluding tert-OH is 1. The number of para-hydroxylation sites is 1. The molecule has 1 N–H and O–H groups in total. The van der Waals surface area contributed by atoms with Crippen molar-refractivity contribution in [2.75, 3.05) is 29.5 Å². The van der Waals surface area contributed by atoms with Crippen molar-refractivity contribution in [1.29, 1.82) is 0 Å². The highest BCUT2D eigenvalue weighted by Crippen LogP contribution is 2.61. The van der Waals surface area contributed by atoms with E-state index in [1.54, 1.807) is 27.8 Å². The van der Waals surface area contributed by atoms with Gasteiger partial charge in [0, 0.05) is 54.5 Å². The largest absolute Gasteiger partial charge is 0.395 e. The molecule has 3 aromatic carbocycles. The van der Waals surface area contributed by atoms with Crippen LogP contribution in [0.4, 0.5) is 21.2 Å². The summed E-state index contributed by atoms with van der Waals surface area (Å²) < 4.78 is 23.1. The predicted molar refractivity (Wildman–Crippen MR) is 169 cm³/mol. The van der Waals surface area contributed by atoms with Crippen molar-refractivity contribution in [3.05, 3.63) is 90.0 Å². The third-order valence-electron chi connectivity index (χ3n) is 9.34. The average Bonchev–Trinajstić information content (AvgIpc) is 3.43. The number of hydrogen-bond donors (Lipinski definition) is 1. The maximum Gasteiger partial charge on any atom is 0.268 e. The second kappa shape index (κ2) is 11.6. The fraction of sp³-hybridized carbons (Fsp3) is 0.382. The number of fused-ring (bicyclic) bond motifs is 2. The van der Waals surface area contributed by atoms with Crippen LogP contribution in [0, 0.1) is 5.92 Å². The Morgan fingerprint density at radius 2 is 1.73 bits per heavy atom. The predicted octanol–water partition coefficient (Wildman–Crippen LogP) is 5.29. The summed E-state index contributed by atoms with van der Waals surface area (Å²) in [5, 5.41) is 9.75. The van der Waals surface area contributed by atoms with Gasteiger partial charge in [-0.1, -0.05) is 55.5 Å². The van der Waals surface area contributed by atoms with Gasteiger partial charge in [0.05, 0.1) is 24.8 Å². The van der Waals surface area contributed by atoms with Crippen molar-refractivity contribution in [3.8, 4) is 0 Å². The first-order valence-electron chi connectivity index (χ1n) is 15.2. The lowest BCUT2D eigenvalue weighted by atomic mass is 9.82. The Morgan fingerprint density at radius 3 is 2.32 bits per heavy atom. The van der Waals surface area contributed by atoms with Crippen LogP contribution in [0.15, 0.2) is 78.9 Å². The molecule has 3 aliphatic heterocycles. The molecule has 10 heteroatoms. The smallest absolute Gasteiger partial charge is 0.268 e. The summed E-state index contributed by atoms with van der Waals surface area (Å²) in [6, 6.07) is 24.3. The summed E-state index contributed by atoms with van der Waals surface area (Å²) in [7, 11) is -3.51. The fourth-order valence-corrected chi connectivity index (χ4v) is 9.76. The van der Waals surface area contributed by atoms with E-state index in [-0.39, 0.29) is 37.3 Å². The Morgan fingerprint density at radius 1 is 1.05 bits per heavy atom. The zero-order valence-electron chi connectivity index (χ0n) is 25.3. The highest BCUT2D eigenvalue weighted by atomic mass is 28.4. The highest BCUT2D eigenvalue weighted by molar-refractivity contribution is 6.72. The number of anilines is 3. The van der Waals surface area contributed by atoms with Crippen molar-refractivity contribution in [2.45, 2.75) is 56.7 Å². The summed E-state index contributed by atoms with van der Waals surface area (Å²) in [5.74, 6) is -1.18. The number of benzene rings is 3. The minimum atomic E-state index is -3.51. The van der Waals surface area contributed by atoms with Gasteiger partial charge in [-0.15, -0.1) is 0 Å². The molecule has 1 spiro atoms. The Bertz CT molecular complexity index is 1570. The van der Waals surface area contributed by atoms with E-state index in [1.807, 2.05) is 85.8 Å². The molecule has 0 radical (unpaired) electrons. The SMILES string of the molecule is C[C@H]1[C@H]([Si](C)(C)F)[C@@H](CC(=O)N(CCO)Cc2ccccc2)O[C@]12C(=O)N(c1ccccc1)c1ccc(N3CCC3=O)cc12. The molecular weight excluding hydrogens is 577 g/mol. The second-order valence-corrected chi connectivity index (χ2v) is 16.3. The number of halogens is 1. The van der Waals surface area contributed by atoms with Gasteiger partial charge in [-0.3, -0.25) is 19.3 Å². The van der Waals surface area contributed by atoms with Gasteiger partial charge in [0.15, 0.2) is 5.60 Å². The Labute approximate surface area is 258 Å². The molecule has 0 saturated carbocycles. The molecule has 0 unspecified atom stereocenters. The molecule has 3 heterocycles. The van der Waals surface area contributed by atoms with Crippen LogP contribution in [-0.4, -0.2) is 61.9 Å². The van der Waals surface area contributed by atoms with Crippen LogP contribution in [0.1, 0.15) is 30.9 Å². The molecule has 8 nitrogen and oxygen atoms in total. The van der Waals surface area contributed by atoms with Crippen LogP contribution in [0.25, 0.3) is 0 Å². The van der Waals surface area contributed by atoms with Crippen LogP contribution in [-0.2, 0) is 31.3 Å². The zero-order chi connectivity index (χ0) is 31.2. The topological polar surface area (TPSA) is 90.4 Å². The van der Waals surface area contributed by atoms with Crippen LogP contribution >= 0.6 is 0 Å². The van der Waals surface area contributed by atoms with E-state index in [2.05, 4.69) is 0 Å². The average molecular weight is 616 g/mol. The first-order valence-corrected chi connectivity index (χ1v) is 18.2. The fourth-order valence-electron chi connectivity index (χ4n) is 7.27. The van der Waals surface area contributed by atoms with Crippen LogP contribution in [0.5, 0.6) is 0 Å². The molecule has 0 bridgehead atoms. The van der Waals surface area contributed by atoms with Gasteiger partial charge in [-0.25, -0.2) is 0 Å². The molecule has 6 rings (SSSR count). The molecule has 0 aliphatic carbocycles. The van der Waals surface area contributed by atoms with Crippen molar-refractivity contribution in [1.82, 2.24) is 4.90 Å². The van der Waals surface area contributed by atoms with E-state index in [1.165, 1.54) is 0 Å². The number of rotatable bonds is 9. The summed E-state index contributed by atoms with van der Waals surface area (Å²) in [6.07, 6.45) is -0.517. The van der Waals surface area contributed by atoms with Gasteiger partial charge in [0.25, 0.3) is 5.91 Å². The maximum atomic E-state index is 16.3. The Balaban J connectivity index is 1.41. The van der Waals surface area contributed by atoms with Crippen LogP contribution in [0.2, 0.25) is 18.6 Å². The summed E-state index contributed by atoms with van der Waals surface area (Å²) in [6.45, 7) is 5.86. The third-order valence-corrected chi connectivity index (χ3v) is 11.8. The molecule has 3 aromatic rings. The standard InChI is InChI=1S/C34H38FN3O5Si/c1-23-32(44(2,3)35)29(21-31(41)36(18-19-39)22-24-10-6-4-7-11-24)43-34(23)27-20-26(37-17-16-30(37)40)14-15-28(27)38(33(34)42)25-12-8-5-9-13-25/h4-15,20,23,29,32,39H,16-19,21-22H2,1-3H3/t23-,29+,32-,34+/m0/s1. The van der Waals surface area contributed by atoms with Gasteiger partial charge in [0.2, 0.25) is 20.2 Å². The van der Waals surface area contributed by atoms with Gasteiger partial charge in [0.1, 0.15) is 0 Å². The Kier molecular flexibility index (Phi) is 7.94. The van der Waals surface area contributed by atoms with Gasteiger partial charge >= 0.3 is 0 Å². The molecule has 0 aromatic heterocycles. The first kappa shape index (κ1) is 30.2. The van der Waals surface area contributed by atoms with E-state index in [4.69, 9.17) is 4.74 Å². The summed E-state index contributed by atoms with van der Waals surface area (Å²) >= 11 is 0. The molecule has 2 saturated heterocycles. The van der Waals surface area contributed by atoms with Gasteiger partial charge in [-0.2, -0.15) is 0 Å². The number of hydrogen-bond acceptors (Lipinski definition) is 5.